The summed E-state index contributed by atoms with van der Waals surface area (Å²) in [5.74, 6) is -8.73. The normalized spacial score (nSPS) is 30.2. The van der Waals surface area contributed by atoms with Gasteiger partial charge in [0.05, 0.1) is 6.17 Å². The molecule has 2 fully saturated rings. The van der Waals surface area contributed by atoms with E-state index in [1.165, 1.54) is 12.3 Å². The Morgan fingerprint density at radius 3 is 2.28 bits per heavy atom. The van der Waals surface area contributed by atoms with Gasteiger partial charge in [-0.25, -0.2) is 9.59 Å². The zero-order valence-corrected chi connectivity index (χ0v) is 31.1. The van der Waals surface area contributed by atoms with Gasteiger partial charge in [-0.15, -0.1) is 0 Å². The average molecular weight is 846 g/mol. The van der Waals surface area contributed by atoms with Crippen molar-refractivity contribution in [2.24, 2.45) is 22.2 Å². The first kappa shape index (κ1) is 43.6. The second-order valence-corrected chi connectivity index (χ2v) is 14.2. The molecule has 4 heterocycles. The van der Waals surface area contributed by atoms with Gasteiger partial charge >= 0.3 is 11.9 Å². The van der Waals surface area contributed by atoms with Crippen molar-refractivity contribution in [3.63, 3.8) is 0 Å². The molecule has 6 rings (SSSR count). The number of esters is 1. The highest BCUT2D eigenvalue weighted by atomic mass is 16.8. The van der Waals surface area contributed by atoms with Gasteiger partial charge in [0, 0.05) is 48.8 Å². The van der Waals surface area contributed by atoms with Crippen LogP contribution >= 0.6 is 0 Å². The number of rotatable bonds is 12. The van der Waals surface area contributed by atoms with Crippen molar-refractivity contribution < 1.29 is 84.0 Å². The number of guanidine groups is 1. The summed E-state index contributed by atoms with van der Waals surface area (Å²) in [4.78, 5) is 43.1. The van der Waals surface area contributed by atoms with Crippen LogP contribution in [-0.2, 0) is 30.2 Å². The van der Waals surface area contributed by atoms with Gasteiger partial charge in [0.1, 0.15) is 64.9 Å². The molecule has 0 spiro atoms. The minimum Gasteiger partial charge on any atom is -0.507 e. The molecule has 0 radical (unpaired) electrons. The summed E-state index contributed by atoms with van der Waals surface area (Å²) < 4.78 is 28.4. The monoisotopic (exact) mass is 845 g/mol. The fourth-order valence-electron chi connectivity index (χ4n) is 6.81. The molecule has 23 heteroatoms. The average Bonchev–Trinajstić information content (AvgIpc) is 3.19. The van der Waals surface area contributed by atoms with E-state index in [4.69, 9.17) is 40.6 Å². The van der Waals surface area contributed by atoms with Crippen LogP contribution in [-0.4, -0.2) is 143 Å². The molecule has 3 aliphatic heterocycles. The first-order chi connectivity index (χ1) is 28.3. The number of benzene rings is 2. The number of carboxylic acid groups (broad SMARTS) is 1. The van der Waals surface area contributed by atoms with E-state index in [0.717, 1.165) is 24.3 Å². The summed E-state index contributed by atoms with van der Waals surface area (Å²) in [6.07, 6.45) is -17.0. The van der Waals surface area contributed by atoms with Crippen LogP contribution in [0.2, 0.25) is 0 Å². The first-order valence-corrected chi connectivity index (χ1v) is 18.1. The highest BCUT2D eigenvalue weighted by Gasteiger charge is 2.59. The third-order valence-corrected chi connectivity index (χ3v) is 9.98. The molecule has 0 amide bonds. The maximum atomic E-state index is 13.9. The molecule has 0 bridgehead atoms. The number of aliphatic hydroxyl groups excluding tert-OH is 6. The number of aliphatic imine (C=N–C) groups is 1. The Morgan fingerprint density at radius 2 is 1.63 bits per heavy atom. The third-order valence-electron chi connectivity index (χ3n) is 9.98. The second-order valence-electron chi connectivity index (χ2n) is 14.2. The van der Waals surface area contributed by atoms with Crippen molar-refractivity contribution in [3.05, 3.63) is 70.0 Å². The second kappa shape index (κ2) is 17.3. The zero-order chi connectivity index (χ0) is 43.8. The van der Waals surface area contributed by atoms with E-state index in [1.807, 2.05) is 0 Å². The topological polar surface area (TPSA) is 406 Å². The van der Waals surface area contributed by atoms with Gasteiger partial charge in [-0.1, -0.05) is 6.08 Å². The number of nitrogens with two attached hydrogens (primary N) is 3. The van der Waals surface area contributed by atoms with Crippen LogP contribution < -0.4 is 32.7 Å². The fraction of sp³-hybridized carbons (Fsp3) is 0.405. The van der Waals surface area contributed by atoms with Gasteiger partial charge < -0.3 is 96.9 Å². The Labute approximate surface area is 337 Å². The number of carbonyl (C=O) groups is 2. The molecule has 0 aliphatic carbocycles. The molecule has 17 N–H and O–H groups in total. The largest absolute Gasteiger partial charge is 0.507 e. The molecular formula is C37H43N5O18. The van der Waals surface area contributed by atoms with Gasteiger partial charge in [0.2, 0.25) is 12.1 Å². The third kappa shape index (κ3) is 8.65. The minimum atomic E-state index is -2.77. The molecule has 2 aromatic carbocycles. The molecule has 1 unspecified atom stereocenters. The lowest BCUT2D eigenvalue weighted by molar-refractivity contribution is -0.353. The zero-order valence-electron chi connectivity index (χ0n) is 31.1. The number of hydrogen-bond donors (Lipinski definition) is 14. The highest BCUT2D eigenvalue weighted by molar-refractivity contribution is 5.88. The van der Waals surface area contributed by atoms with Crippen molar-refractivity contribution in [3.8, 4) is 34.3 Å². The number of nitrogens with one attached hydrogen (secondary N) is 1. The van der Waals surface area contributed by atoms with Crippen molar-refractivity contribution in [1.82, 2.24) is 5.32 Å². The number of nitrogens with zero attached hydrogens (tertiary/aromatic N) is 1. The number of aliphatic hydroxyl groups is 6. The Morgan fingerprint density at radius 1 is 0.917 bits per heavy atom. The molecule has 324 valence electrons. The lowest BCUT2D eigenvalue weighted by Gasteiger charge is -2.47. The molecule has 23 nitrogen and oxygen atoms in total. The summed E-state index contributed by atoms with van der Waals surface area (Å²) in [5, 5.41) is 109. The summed E-state index contributed by atoms with van der Waals surface area (Å²) >= 11 is 0. The number of hydrogen-bond acceptors (Lipinski definition) is 20. The first-order valence-electron chi connectivity index (χ1n) is 18.1. The lowest BCUT2D eigenvalue weighted by Crippen LogP contribution is -2.68. The number of carbonyl (C=O) groups excluding carboxylic acids is 1. The summed E-state index contributed by atoms with van der Waals surface area (Å²) in [7, 11) is 0. The number of phenolic OH excluding ortho intramolecular Hbond substituents is 3. The Balaban J connectivity index is 1.37. The van der Waals surface area contributed by atoms with E-state index in [1.54, 1.807) is 12.2 Å². The summed E-state index contributed by atoms with van der Waals surface area (Å²) in [5.41, 5.74) is 16.0. The summed E-state index contributed by atoms with van der Waals surface area (Å²) in [6, 6.07) is 5.74. The van der Waals surface area contributed by atoms with E-state index in [-0.39, 0.29) is 59.0 Å². The SMILES string of the molecule is NC(N)=NCCC[C@]1(OC(=O)[C@H]2O[C@H](Oc3cc4oc(-c5ccc(O)c(O)c5)cc(=O)c4c(O)c3CC3=CNC(N)C=C3)[C@H](O)[C@@H](O)[C@@H]2O)O[C@H](C(=O)O)[C@@H](O)[C@H](O)[C@H]1O. The van der Waals surface area contributed by atoms with Crippen molar-refractivity contribution in [2.45, 2.75) is 86.3 Å². The van der Waals surface area contributed by atoms with Gasteiger partial charge in [-0.05, 0) is 36.3 Å². The molecule has 1 aromatic heterocycles. The maximum absolute atomic E-state index is 13.9. The molecule has 60 heavy (non-hydrogen) atoms. The number of allylic oxidation sites excluding steroid dienone is 2. The van der Waals surface area contributed by atoms with Crippen molar-refractivity contribution in [2.75, 3.05) is 6.54 Å². The Hall–Kier alpha value is -6.02. The number of aliphatic carboxylic acids is 1. The quantitative estimate of drug-likeness (QED) is 0.0276. The van der Waals surface area contributed by atoms with Crippen LogP contribution in [0.5, 0.6) is 23.0 Å². The number of phenols is 3. The molecule has 11 atom stereocenters. The van der Waals surface area contributed by atoms with E-state index in [0.29, 0.717) is 5.57 Å². The Bertz CT molecular complexity index is 2280. The van der Waals surface area contributed by atoms with Crippen LogP contribution in [0.15, 0.2) is 68.5 Å². The van der Waals surface area contributed by atoms with E-state index >= 15 is 0 Å². The predicted octanol–water partition coefficient (Wildman–Crippen LogP) is -3.51. The molecule has 0 saturated carbocycles. The van der Waals surface area contributed by atoms with Crippen LogP contribution in [0.3, 0.4) is 0 Å². The summed E-state index contributed by atoms with van der Waals surface area (Å²) in [6.45, 7) is -0.188. The van der Waals surface area contributed by atoms with E-state index < -0.39 is 108 Å². The van der Waals surface area contributed by atoms with Crippen molar-refractivity contribution in [1.29, 1.82) is 0 Å². The number of fused-ring (bicyclic) bond motifs is 1. The number of ether oxygens (including phenoxy) is 4. The van der Waals surface area contributed by atoms with Crippen LogP contribution in [0.1, 0.15) is 18.4 Å². The molecular weight excluding hydrogens is 802 g/mol. The van der Waals surface area contributed by atoms with Gasteiger partial charge in [0.15, 0.2) is 35.1 Å². The fourth-order valence-corrected chi connectivity index (χ4v) is 6.81. The van der Waals surface area contributed by atoms with Crippen LogP contribution in [0.25, 0.3) is 22.3 Å². The number of dihydropyridines is 1. The molecule has 3 aliphatic rings. The van der Waals surface area contributed by atoms with E-state index in [2.05, 4.69) is 10.3 Å². The number of aromatic hydroxyl groups is 3. The minimum absolute atomic E-state index is 0.112. The van der Waals surface area contributed by atoms with Gasteiger partial charge in [0.25, 0.3) is 0 Å². The molecule has 3 aromatic rings. The van der Waals surface area contributed by atoms with Gasteiger partial charge in [-0.3, -0.25) is 9.79 Å². The van der Waals surface area contributed by atoms with Crippen LogP contribution in [0.4, 0.5) is 0 Å². The standard InChI is InChI=1S/C37H43N5O18/c38-22-5-2-13(12-42-22)8-15-20(11-21-23(24(15)46)18(45)10-19(56-21)14-3-4-16(43)17(44)9-14)57-35-29(51)25(47)26(48)31(58-35)34(55)60-37(6-1-7-41-36(39)40)32(52)28(50)27(49)30(59-37)33(53)54/h2-5,9-12,22,25-32,35,42-44,46-52H,1,6-8,38H2,(H,53,54)(H4,39,40,41)/t22?,25-,26-,27-,28-,29+,30-,31-,32+,35-,37+/m0/s1. The smallest absolute Gasteiger partial charge is 0.340 e. The van der Waals surface area contributed by atoms with E-state index in [9.17, 15) is 65.4 Å². The highest BCUT2D eigenvalue weighted by Crippen LogP contribution is 2.41. The molecule has 2 saturated heterocycles. The predicted molar refractivity (Wildman–Crippen MR) is 202 cm³/mol. The number of carboxylic acids is 1. The van der Waals surface area contributed by atoms with Gasteiger partial charge in [-0.2, -0.15) is 0 Å². The lowest BCUT2D eigenvalue weighted by atomic mass is 9.89. The maximum Gasteiger partial charge on any atom is 0.340 e. The Kier molecular flexibility index (Phi) is 12.6. The van der Waals surface area contributed by atoms with Crippen LogP contribution in [0, 0.1) is 0 Å². The van der Waals surface area contributed by atoms with Crippen molar-refractivity contribution >= 4 is 28.9 Å².